The number of hydrogen-bond acceptors (Lipinski definition) is 8. The Hall–Kier alpha value is -3.57. The van der Waals surface area contributed by atoms with Gasteiger partial charge in [0.05, 0.1) is 41.2 Å². The molecule has 1 spiro atoms. The van der Waals surface area contributed by atoms with Crippen LogP contribution < -0.4 is 20.3 Å². The molecule has 2 aliphatic rings. The topological polar surface area (TPSA) is 139 Å². The van der Waals surface area contributed by atoms with Gasteiger partial charge in [-0.25, -0.2) is 9.37 Å². The van der Waals surface area contributed by atoms with Gasteiger partial charge in [0.15, 0.2) is 11.6 Å². The molecular weight excluding hydrogens is 503 g/mol. The van der Waals surface area contributed by atoms with E-state index in [-0.39, 0.29) is 46.1 Å². The molecule has 194 valence electrons. The second-order valence-corrected chi connectivity index (χ2v) is 10.9. The van der Waals surface area contributed by atoms with Gasteiger partial charge in [0.1, 0.15) is 17.4 Å². The fourth-order valence-electron chi connectivity index (χ4n) is 4.45. The highest BCUT2D eigenvalue weighted by atomic mass is 32.2. The predicted octanol–water partition coefficient (Wildman–Crippen LogP) is 2.11. The van der Waals surface area contributed by atoms with Gasteiger partial charge < -0.3 is 14.8 Å². The Morgan fingerprint density at radius 3 is 2.81 bits per heavy atom. The fourth-order valence-corrected chi connectivity index (χ4v) is 5.39. The Morgan fingerprint density at radius 1 is 1.38 bits per heavy atom. The molecule has 5 rings (SSSR count). The SMILES string of the molecule is CCN(C)S(=O)(=O)Nc1ccc(F)c(Oc2ccc3ncn([C@H]4COC5(CNC5)C4)c(=O)c3c2)c1C#N. The summed E-state index contributed by atoms with van der Waals surface area (Å²) < 4.78 is 56.2. The summed E-state index contributed by atoms with van der Waals surface area (Å²) in [6, 6.07) is 8.29. The molecule has 11 nitrogen and oxygen atoms in total. The van der Waals surface area contributed by atoms with Gasteiger partial charge in [0.25, 0.3) is 5.56 Å². The van der Waals surface area contributed by atoms with Gasteiger partial charge in [-0.3, -0.25) is 14.1 Å². The number of nitrogens with one attached hydrogen (secondary N) is 2. The molecule has 2 aliphatic heterocycles. The van der Waals surface area contributed by atoms with Crippen LogP contribution in [0.25, 0.3) is 10.9 Å². The Balaban J connectivity index is 1.48. The number of fused-ring (bicyclic) bond motifs is 1. The summed E-state index contributed by atoms with van der Waals surface area (Å²) in [5, 5.41) is 13.2. The molecule has 0 unspecified atom stereocenters. The second kappa shape index (κ2) is 9.38. The monoisotopic (exact) mass is 528 g/mol. The molecule has 1 aromatic heterocycles. The van der Waals surface area contributed by atoms with E-state index in [1.807, 2.05) is 6.07 Å². The normalized spacial score (nSPS) is 18.6. The molecule has 2 saturated heterocycles. The number of nitriles is 1. The summed E-state index contributed by atoms with van der Waals surface area (Å²) in [5.41, 5.74) is -0.576. The van der Waals surface area contributed by atoms with Gasteiger partial charge >= 0.3 is 10.2 Å². The maximum Gasteiger partial charge on any atom is 0.301 e. The number of rotatable bonds is 7. The number of anilines is 1. The molecule has 2 N–H and O–H groups in total. The van der Waals surface area contributed by atoms with Gasteiger partial charge in [-0.1, -0.05) is 6.92 Å². The molecule has 2 aromatic carbocycles. The van der Waals surface area contributed by atoms with Gasteiger partial charge in [0, 0.05) is 33.1 Å². The van der Waals surface area contributed by atoms with E-state index in [4.69, 9.17) is 9.47 Å². The van der Waals surface area contributed by atoms with Gasteiger partial charge in [-0.05, 0) is 30.3 Å². The summed E-state index contributed by atoms with van der Waals surface area (Å²) >= 11 is 0. The Bertz CT molecular complexity index is 1580. The zero-order chi connectivity index (χ0) is 26.4. The Labute approximate surface area is 212 Å². The third-order valence-corrected chi connectivity index (χ3v) is 8.32. The number of ether oxygens (including phenoxy) is 2. The zero-order valence-electron chi connectivity index (χ0n) is 20.2. The molecule has 3 heterocycles. The summed E-state index contributed by atoms with van der Waals surface area (Å²) in [5.74, 6) is -1.24. The smallest absolute Gasteiger partial charge is 0.301 e. The van der Waals surface area contributed by atoms with Crippen molar-refractivity contribution in [1.82, 2.24) is 19.2 Å². The molecule has 0 saturated carbocycles. The lowest BCUT2D eigenvalue weighted by molar-refractivity contribution is -0.0362. The number of hydrogen-bond donors (Lipinski definition) is 2. The maximum atomic E-state index is 14.8. The third kappa shape index (κ3) is 4.53. The van der Waals surface area contributed by atoms with Crippen molar-refractivity contribution in [2.45, 2.75) is 25.0 Å². The average molecular weight is 529 g/mol. The van der Waals surface area contributed by atoms with E-state index in [1.165, 1.54) is 25.5 Å². The zero-order valence-corrected chi connectivity index (χ0v) is 21.0. The van der Waals surface area contributed by atoms with Crippen molar-refractivity contribution in [3.05, 3.63) is 58.4 Å². The van der Waals surface area contributed by atoms with E-state index in [2.05, 4.69) is 15.0 Å². The van der Waals surface area contributed by atoms with Crippen LogP contribution in [0.3, 0.4) is 0 Å². The lowest BCUT2D eigenvalue weighted by atomic mass is 9.92. The molecule has 3 aromatic rings. The Kier molecular flexibility index (Phi) is 6.36. The van der Waals surface area contributed by atoms with E-state index in [9.17, 15) is 22.9 Å². The molecule has 0 bridgehead atoms. The number of nitrogens with zero attached hydrogens (tertiary/aromatic N) is 4. The van der Waals surface area contributed by atoms with Crippen LogP contribution in [0.15, 0.2) is 41.5 Å². The largest absolute Gasteiger partial charge is 0.453 e. The summed E-state index contributed by atoms with van der Waals surface area (Å²) in [6.07, 6.45) is 2.19. The first-order valence-corrected chi connectivity index (χ1v) is 13.1. The minimum atomic E-state index is -3.96. The molecule has 0 aliphatic carbocycles. The minimum absolute atomic E-state index is 0.0903. The van der Waals surface area contributed by atoms with Crippen molar-refractivity contribution in [2.75, 3.05) is 38.0 Å². The standard InChI is InChI=1S/C24H25FN6O5S/c1-3-30(2)37(33,34)29-21-7-5-19(25)22(18(21)10-26)36-16-4-6-20-17(8-16)23(32)31(14-28-20)15-9-24(35-11-15)12-27-13-24/h4-8,14-15,27,29H,3,9,11-13H2,1-2H3/t15-/m1/s1. The van der Waals surface area contributed by atoms with E-state index in [0.717, 1.165) is 29.5 Å². The van der Waals surface area contributed by atoms with E-state index < -0.39 is 21.8 Å². The first kappa shape index (κ1) is 25.1. The highest BCUT2D eigenvalue weighted by Crippen LogP contribution is 2.36. The minimum Gasteiger partial charge on any atom is -0.453 e. The van der Waals surface area contributed by atoms with E-state index in [1.54, 1.807) is 17.6 Å². The van der Waals surface area contributed by atoms with Crippen LogP contribution in [0, 0.1) is 17.1 Å². The van der Waals surface area contributed by atoms with Crippen molar-refractivity contribution in [2.24, 2.45) is 0 Å². The molecule has 37 heavy (non-hydrogen) atoms. The highest BCUT2D eigenvalue weighted by Gasteiger charge is 2.46. The van der Waals surface area contributed by atoms with Gasteiger partial charge in [-0.15, -0.1) is 0 Å². The lowest BCUT2D eigenvalue weighted by Crippen LogP contribution is -2.59. The maximum absolute atomic E-state index is 14.8. The van der Waals surface area contributed by atoms with Crippen LogP contribution in [-0.4, -0.2) is 61.2 Å². The number of halogens is 1. The van der Waals surface area contributed by atoms with E-state index >= 15 is 0 Å². The average Bonchev–Trinajstić information content (AvgIpc) is 3.32. The molecule has 13 heteroatoms. The van der Waals surface area contributed by atoms with Crippen LogP contribution in [0.2, 0.25) is 0 Å². The van der Waals surface area contributed by atoms with Crippen molar-refractivity contribution >= 4 is 26.8 Å². The van der Waals surface area contributed by atoms with Gasteiger partial charge in [0.2, 0.25) is 0 Å². The van der Waals surface area contributed by atoms with Crippen molar-refractivity contribution in [3.63, 3.8) is 0 Å². The summed E-state index contributed by atoms with van der Waals surface area (Å²) in [6.45, 7) is 3.73. The highest BCUT2D eigenvalue weighted by molar-refractivity contribution is 7.90. The van der Waals surface area contributed by atoms with Crippen molar-refractivity contribution in [1.29, 1.82) is 5.26 Å². The van der Waals surface area contributed by atoms with Crippen molar-refractivity contribution < 1.29 is 22.3 Å². The van der Waals surface area contributed by atoms with E-state index in [0.29, 0.717) is 18.5 Å². The van der Waals surface area contributed by atoms with Gasteiger partial charge in [-0.2, -0.15) is 18.0 Å². The van der Waals surface area contributed by atoms with Crippen LogP contribution in [0.4, 0.5) is 10.1 Å². The Morgan fingerprint density at radius 2 is 2.16 bits per heavy atom. The summed E-state index contributed by atoms with van der Waals surface area (Å²) in [4.78, 5) is 17.7. The lowest BCUT2D eigenvalue weighted by Gasteiger charge is -2.38. The predicted molar refractivity (Wildman–Crippen MR) is 133 cm³/mol. The third-order valence-electron chi connectivity index (χ3n) is 6.77. The second-order valence-electron chi connectivity index (χ2n) is 9.13. The summed E-state index contributed by atoms with van der Waals surface area (Å²) in [7, 11) is -2.60. The van der Waals surface area contributed by atoms with Crippen LogP contribution in [-0.2, 0) is 14.9 Å². The first-order valence-electron chi connectivity index (χ1n) is 11.7. The van der Waals surface area contributed by atoms with Crippen LogP contribution in [0.1, 0.15) is 24.9 Å². The molecule has 0 radical (unpaired) electrons. The quantitative estimate of drug-likeness (QED) is 0.476. The fraction of sp³-hybridized carbons (Fsp3) is 0.375. The van der Waals surface area contributed by atoms with Crippen LogP contribution >= 0.6 is 0 Å². The molecular formula is C24H25FN6O5S. The first-order chi connectivity index (χ1) is 17.7. The van der Waals surface area contributed by atoms with Crippen LogP contribution in [0.5, 0.6) is 11.5 Å². The van der Waals surface area contributed by atoms with Crippen molar-refractivity contribution in [3.8, 4) is 17.6 Å². The number of aromatic nitrogens is 2. The molecule has 1 atom stereocenters. The molecule has 2 fully saturated rings. The molecule has 0 amide bonds. The number of benzene rings is 2.